The summed E-state index contributed by atoms with van der Waals surface area (Å²) in [6, 6.07) is 12.6. The van der Waals surface area contributed by atoms with Gasteiger partial charge in [-0.25, -0.2) is 4.90 Å². The van der Waals surface area contributed by atoms with Gasteiger partial charge in [0, 0.05) is 23.8 Å². The minimum Gasteiger partial charge on any atom is -0.350 e. The largest absolute Gasteiger partial charge is 0.350 e. The highest BCUT2D eigenvalue weighted by Crippen LogP contribution is 2.31. The number of carbonyl (C=O) groups excluding carboxylic acids is 3. The Morgan fingerprint density at radius 2 is 1.66 bits per heavy atom. The van der Waals surface area contributed by atoms with Gasteiger partial charge in [-0.05, 0) is 87.6 Å². The van der Waals surface area contributed by atoms with Gasteiger partial charge in [-0.2, -0.15) is 0 Å². The fraction of sp³-hybridized carbons (Fsp3) is 0.320. The Labute approximate surface area is 192 Å². The Hall–Kier alpha value is -3.12. The summed E-state index contributed by atoms with van der Waals surface area (Å²) < 4.78 is 0. The highest BCUT2D eigenvalue weighted by atomic mass is 35.5. The van der Waals surface area contributed by atoms with Crippen LogP contribution in [0.1, 0.15) is 47.7 Å². The normalized spacial score (nSPS) is 19.1. The van der Waals surface area contributed by atoms with Crippen LogP contribution < -0.4 is 10.2 Å². The van der Waals surface area contributed by atoms with Gasteiger partial charge in [-0.15, -0.1) is 0 Å². The maximum Gasteiger partial charge on any atom is 0.283 e. The zero-order valence-corrected chi connectivity index (χ0v) is 19.2. The van der Waals surface area contributed by atoms with Crippen LogP contribution in [0.5, 0.6) is 0 Å². The van der Waals surface area contributed by atoms with Crippen molar-refractivity contribution in [3.8, 4) is 0 Å². The van der Waals surface area contributed by atoms with Crippen molar-refractivity contribution in [2.45, 2.75) is 46.1 Å². The average Bonchev–Trinajstić information content (AvgIpc) is 2.96. The lowest BCUT2D eigenvalue weighted by molar-refractivity contribution is -0.120. The van der Waals surface area contributed by atoms with E-state index in [2.05, 4.69) is 12.2 Å². The second-order valence-electron chi connectivity index (χ2n) is 8.53. The first-order chi connectivity index (χ1) is 15.3. The van der Waals surface area contributed by atoms with Crippen molar-refractivity contribution in [2.24, 2.45) is 0 Å². The molecule has 2 aromatic rings. The molecule has 1 saturated heterocycles. The van der Waals surface area contributed by atoms with Crippen LogP contribution >= 0.6 is 11.6 Å². The van der Waals surface area contributed by atoms with Crippen LogP contribution in [0.25, 0.3) is 0 Å². The van der Waals surface area contributed by atoms with Gasteiger partial charge in [0.25, 0.3) is 17.7 Å². The van der Waals surface area contributed by atoms with Gasteiger partial charge in [0.2, 0.25) is 0 Å². The van der Waals surface area contributed by atoms with Crippen molar-refractivity contribution in [2.75, 3.05) is 16.8 Å². The summed E-state index contributed by atoms with van der Waals surface area (Å²) in [5.41, 5.74) is 3.58. The second-order valence-corrected chi connectivity index (χ2v) is 8.90. The van der Waals surface area contributed by atoms with E-state index in [0.29, 0.717) is 16.9 Å². The minimum atomic E-state index is -0.560. The van der Waals surface area contributed by atoms with E-state index in [1.54, 1.807) is 36.4 Å². The Morgan fingerprint density at radius 3 is 2.28 bits per heavy atom. The van der Waals surface area contributed by atoms with Crippen molar-refractivity contribution < 1.29 is 14.4 Å². The van der Waals surface area contributed by atoms with Crippen LogP contribution in [0.2, 0.25) is 0 Å². The van der Waals surface area contributed by atoms with Gasteiger partial charge in [0.15, 0.2) is 0 Å². The third-order valence-corrected chi connectivity index (χ3v) is 6.31. The first-order valence-electron chi connectivity index (χ1n) is 10.8. The Kier molecular flexibility index (Phi) is 6.07. The number of hydrogen-bond acceptors (Lipinski definition) is 4. The predicted octanol–water partition coefficient (Wildman–Crippen LogP) is 4.75. The molecule has 0 aliphatic carbocycles. The first kappa shape index (κ1) is 22.1. The van der Waals surface area contributed by atoms with E-state index in [4.69, 9.17) is 11.6 Å². The van der Waals surface area contributed by atoms with E-state index in [9.17, 15) is 14.4 Å². The van der Waals surface area contributed by atoms with Crippen LogP contribution in [0.4, 0.5) is 11.4 Å². The predicted molar refractivity (Wildman–Crippen MR) is 126 cm³/mol. The molecule has 0 saturated carbocycles. The number of likely N-dealkylation sites (tertiary alicyclic amines) is 1. The molecular weight excluding hydrogens is 426 g/mol. The zero-order chi connectivity index (χ0) is 23.0. The summed E-state index contributed by atoms with van der Waals surface area (Å²) in [5.74, 6) is -1.06. The van der Waals surface area contributed by atoms with Crippen LogP contribution in [0.3, 0.4) is 0 Å². The van der Waals surface area contributed by atoms with Gasteiger partial charge in [0.1, 0.15) is 10.7 Å². The number of anilines is 2. The standard InChI is InChI=1S/C25H26ClN3O3/c1-15-12-16(2)14-20(13-15)29-24(31)21(26)22(25(29)32)27-19-9-7-18(8-10-19)23(30)28-11-5-4-6-17(28)3/h7-10,12-14,17,27H,4-6,11H2,1-3H3. The fourth-order valence-corrected chi connectivity index (χ4v) is 4.54. The van der Waals surface area contributed by atoms with Gasteiger partial charge in [-0.1, -0.05) is 17.7 Å². The minimum absolute atomic E-state index is 0.00844. The van der Waals surface area contributed by atoms with Crippen molar-refractivity contribution in [1.82, 2.24) is 4.90 Å². The molecule has 2 heterocycles. The second kappa shape index (κ2) is 8.79. The van der Waals surface area contributed by atoms with Crippen LogP contribution in [0, 0.1) is 13.8 Å². The number of aryl methyl sites for hydroxylation is 2. The third kappa shape index (κ3) is 4.15. The van der Waals surface area contributed by atoms with E-state index in [1.165, 1.54) is 0 Å². The number of amides is 3. The molecule has 1 N–H and O–H groups in total. The topological polar surface area (TPSA) is 69.7 Å². The summed E-state index contributed by atoms with van der Waals surface area (Å²) in [6.45, 7) is 6.66. The molecule has 0 bridgehead atoms. The monoisotopic (exact) mass is 451 g/mol. The lowest BCUT2D eigenvalue weighted by atomic mass is 10.0. The van der Waals surface area contributed by atoms with Crippen LogP contribution in [0.15, 0.2) is 53.2 Å². The summed E-state index contributed by atoms with van der Waals surface area (Å²) >= 11 is 6.24. The number of piperidine rings is 1. The quantitative estimate of drug-likeness (QED) is 0.681. The summed E-state index contributed by atoms with van der Waals surface area (Å²) in [4.78, 5) is 41.6. The molecule has 7 heteroatoms. The number of benzene rings is 2. The van der Waals surface area contributed by atoms with Gasteiger partial charge >= 0.3 is 0 Å². The molecule has 2 aliphatic rings. The molecule has 6 nitrogen and oxygen atoms in total. The Balaban J connectivity index is 1.52. The highest BCUT2D eigenvalue weighted by molar-refractivity contribution is 6.53. The maximum absolute atomic E-state index is 13.0. The Bertz CT molecular complexity index is 1100. The van der Waals surface area contributed by atoms with E-state index in [-0.39, 0.29) is 22.7 Å². The molecule has 1 atom stereocenters. The third-order valence-electron chi connectivity index (χ3n) is 5.96. The molecule has 166 valence electrons. The lowest BCUT2D eigenvalue weighted by Crippen LogP contribution is -2.42. The summed E-state index contributed by atoms with van der Waals surface area (Å²) in [5, 5.41) is 2.81. The molecule has 1 unspecified atom stereocenters. The molecular formula is C25H26ClN3O3. The molecule has 0 aromatic heterocycles. The van der Waals surface area contributed by atoms with Crippen molar-refractivity contribution in [1.29, 1.82) is 0 Å². The van der Waals surface area contributed by atoms with E-state index < -0.39 is 11.8 Å². The highest BCUT2D eigenvalue weighted by Gasteiger charge is 2.39. The zero-order valence-electron chi connectivity index (χ0n) is 18.4. The van der Waals surface area contributed by atoms with Crippen molar-refractivity contribution >= 4 is 40.7 Å². The van der Waals surface area contributed by atoms with E-state index in [0.717, 1.165) is 41.8 Å². The number of rotatable bonds is 4. The number of nitrogens with zero attached hydrogens (tertiary/aromatic N) is 2. The number of carbonyl (C=O) groups is 3. The van der Waals surface area contributed by atoms with Crippen LogP contribution in [-0.2, 0) is 9.59 Å². The smallest absolute Gasteiger partial charge is 0.283 e. The first-order valence-corrected chi connectivity index (χ1v) is 11.2. The lowest BCUT2D eigenvalue weighted by Gasteiger charge is -2.33. The molecule has 32 heavy (non-hydrogen) atoms. The van der Waals surface area contributed by atoms with Gasteiger partial charge < -0.3 is 10.2 Å². The molecule has 1 fully saturated rings. The van der Waals surface area contributed by atoms with Gasteiger partial charge in [-0.3, -0.25) is 14.4 Å². The SMILES string of the molecule is Cc1cc(C)cc(N2C(=O)C(Cl)=C(Nc3ccc(C(=O)N4CCCCC4C)cc3)C2=O)c1. The van der Waals surface area contributed by atoms with Gasteiger partial charge in [0.05, 0.1) is 5.69 Å². The van der Waals surface area contributed by atoms with Crippen LogP contribution in [-0.4, -0.2) is 35.2 Å². The number of nitrogens with one attached hydrogen (secondary N) is 1. The summed E-state index contributed by atoms with van der Waals surface area (Å²) in [7, 11) is 0. The maximum atomic E-state index is 13.0. The number of imide groups is 1. The van der Waals surface area contributed by atoms with Crippen molar-refractivity contribution in [3.63, 3.8) is 0 Å². The Morgan fingerprint density at radius 1 is 1.00 bits per heavy atom. The number of halogens is 1. The number of hydrogen-bond donors (Lipinski definition) is 1. The molecule has 2 aliphatic heterocycles. The fourth-order valence-electron chi connectivity index (χ4n) is 4.33. The van der Waals surface area contributed by atoms with E-state index >= 15 is 0 Å². The summed E-state index contributed by atoms with van der Waals surface area (Å²) in [6.07, 6.45) is 3.19. The van der Waals surface area contributed by atoms with Crippen molar-refractivity contribution in [3.05, 3.63) is 69.9 Å². The average molecular weight is 452 g/mol. The van der Waals surface area contributed by atoms with E-state index in [1.807, 2.05) is 24.8 Å². The molecule has 3 amide bonds. The molecule has 0 radical (unpaired) electrons. The molecule has 4 rings (SSSR count). The molecule has 0 spiro atoms. The molecule has 2 aromatic carbocycles.